The minimum absolute atomic E-state index is 0.389. The molecule has 0 aliphatic heterocycles. The molecule has 0 spiro atoms. The molecule has 15 heavy (non-hydrogen) atoms. The molecule has 1 unspecified atom stereocenters. The first-order chi connectivity index (χ1) is 7.10. The van der Waals surface area contributed by atoms with Crippen molar-refractivity contribution >= 4 is 0 Å². The van der Waals surface area contributed by atoms with E-state index >= 15 is 0 Å². The van der Waals surface area contributed by atoms with E-state index in [9.17, 15) is 0 Å². The average molecular weight is 207 g/mol. The Morgan fingerprint density at radius 2 is 1.93 bits per heavy atom. The van der Waals surface area contributed by atoms with Crippen LogP contribution in [-0.2, 0) is 0 Å². The molecule has 0 heterocycles. The first kappa shape index (κ1) is 12.1. The molecule has 2 heteroatoms. The Hall–Kier alpha value is -1.02. The molecule has 0 aromatic heterocycles. The maximum Gasteiger partial charge on any atom is 0.122 e. The maximum absolute atomic E-state index is 5.65. The number of ether oxygens (including phenoxy) is 1. The van der Waals surface area contributed by atoms with E-state index in [0.29, 0.717) is 18.4 Å². The van der Waals surface area contributed by atoms with Gasteiger partial charge in [0.1, 0.15) is 5.75 Å². The lowest BCUT2D eigenvalue weighted by atomic mass is 9.95. The maximum atomic E-state index is 5.65. The minimum Gasteiger partial charge on any atom is -0.496 e. The van der Waals surface area contributed by atoms with Crippen LogP contribution in [0.25, 0.3) is 0 Å². The summed E-state index contributed by atoms with van der Waals surface area (Å²) in [5.41, 5.74) is 8.16. The summed E-state index contributed by atoms with van der Waals surface area (Å²) in [7, 11) is 1.72. The van der Waals surface area contributed by atoms with Crippen molar-refractivity contribution in [2.45, 2.75) is 32.6 Å². The lowest BCUT2D eigenvalue weighted by Crippen LogP contribution is -2.09. The highest BCUT2D eigenvalue weighted by Gasteiger charge is 2.10. The molecule has 0 radical (unpaired) electrons. The van der Waals surface area contributed by atoms with Gasteiger partial charge in [0.15, 0.2) is 0 Å². The highest BCUT2D eigenvalue weighted by atomic mass is 16.5. The van der Waals surface area contributed by atoms with E-state index in [1.165, 1.54) is 11.1 Å². The molecule has 84 valence electrons. The van der Waals surface area contributed by atoms with Crippen LogP contribution in [0.15, 0.2) is 18.2 Å². The SMILES string of the molecule is COc1cc(C(C)CN)ccc1C(C)C. The summed E-state index contributed by atoms with van der Waals surface area (Å²) in [6.45, 7) is 7.14. The first-order valence-electron chi connectivity index (χ1n) is 5.48. The van der Waals surface area contributed by atoms with Gasteiger partial charge < -0.3 is 10.5 Å². The number of rotatable bonds is 4. The topological polar surface area (TPSA) is 35.2 Å². The summed E-state index contributed by atoms with van der Waals surface area (Å²) in [5.74, 6) is 1.85. The highest BCUT2D eigenvalue weighted by Crippen LogP contribution is 2.29. The summed E-state index contributed by atoms with van der Waals surface area (Å²) >= 11 is 0. The molecule has 0 bridgehead atoms. The van der Waals surface area contributed by atoms with Crippen molar-refractivity contribution in [1.29, 1.82) is 0 Å². The highest BCUT2D eigenvalue weighted by molar-refractivity contribution is 5.40. The normalized spacial score (nSPS) is 12.9. The van der Waals surface area contributed by atoms with E-state index in [4.69, 9.17) is 10.5 Å². The van der Waals surface area contributed by atoms with Gasteiger partial charge in [-0.2, -0.15) is 0 Å². The molecular weight excluding hydrogens is 186 g/mol. The van der Waals surface area contributed by atoms with Crippen LogP contribution in [0.3, 0.4) is 0 Å². The Balaban J connectivity index is 3.07. The molecule has 0 fully saturated rings. The van der Waals surface area contributed by atoms with Gasteiger partial charge in [-0.25, -0.2) is 0 Å². The van der Waals surface area contributed by atoms with Gasteiger partial charge in [0, 0.05) is 0 Å². The number of methoxy groups -OCH3 is 1. The van der Waals surface area contributed by atoms with Crippen molar-refractivity contribution in [1.82, 2.24) is 0 Å². The summed E-state index contributed by atoms with van der Waals surface area (Å²) < 4.78 is 5.40. The fourth-order valence-electron chi connectivity index (χ4n) is 1.65. The third-order valence-corrected chi connectivity index (χ3v) is 2.80. The zero-order chi connectivity index (χ0) is 11.4. The van der Waals surface area contributed by atoms with Crippen LogP contribution in [0.4, 0.5) is 0 Å². The summed E-state index contributed by atoms with van der Waals surface area (Å²) in [6.07, 6.45) is 0. The molecule has 1 atom stereocenters. The van der Waals surface area contributed by atoms with Gasteiger partial charge in [-0.1, -0.05) is 32.9 Å². The fraction of sp³-hybridized carbons (Fsp3) is 0.538. The second-order valence-corrected chi connectivity index (χ2v) is 4.29. The molecular formula is C13H21NO. The van der Waals surface area contributed by atoms with E-state index in [0.717, 1.165) is 5.75 Å². The second-order valence-electron chi connectivity index (χ2n) is 4.29. The summed E-state index contributed by atoms with van der Waals surface area (Å²) in [6, 6.07) is 6.40. The summed E-state index contributed by atoms with van der Waals surface area (Å²) in [5, 5.41) is 0. The molecule has 0 aliphatic carbocycles. The van der Waals surface area contributed by atoms with Gasteiger partial charge in [-0.3, -0.25) is 0 Å². The van der Waals surface area contributed by atoms with Crippen molar-refractivity contribution < 1.29 is 4.74 Å². The van der Waals surface area contributed by atoms with Gasteiger partial charge in [0.25, 0.3) is 0 Å². The van der Waals surface area contributed by atoms with Crippen LogP contribution >= 0.6 is 0 Å². The van der Waals surface area contributed by atoms with Crippen LogP contribution in [0.5, 0.6) is 5.75 Å². The van der Waals surface area contributed by atoms with E-state index in [1.54, 1.807) is 7.11 Å². The van der Waals surface area contributed by atoms with Gasteiger partial charge in [-0.05, 0) is 35.6 Å². The standard InChI is InChI=1S/C13H21NO/c1-9(2)12-6-5-11(10(3)8-14)7-13(12)15-4/h5-7,9-10H,8,14H2,1-4H3. The monoisotopic (exact) mass is 207 g/mol. The first-order valence-corrected chi connectivity index (χ1v) is 5.48. The Morgan fingerprint density at radius 3 is 2.40 bits per heavy atom. The molecule has 1 aromatic carbocycles. The molecule has 2 nitrogen and oxygen atoms in total. The Morgan fingerprint density at radius 1 is 1.27 bits per heavy atom. The molecule has 1 rings (SSSR count). The minimum atomic E-state index is 0.389. The van der Waals surface area contributed by atoms with Gasteiger partial charge in [0.05, 0.1) is 7.11 Å². The van der Waals surface area contributed by atoms with Gasteiger partial charge in [-0.15, -0.1) is 0 Å². The van der Waals surface area contributed by atoms with Crippen molar-refractivity contribution in [2.24, 2.45) is 5.73 Å². The lowest BCUT2D eigenvalue weighted by molar-refractivity contribution is 0.406. The van der Waals surface area contributed by atoms with E-state index in [1.807, 2.05) is 0 Å². The average Bonchev–Trinajstić information content (AvgIpc) is 2.26. The van der Waals surface area contributed by atoms with E-state index in [2.05, 4.69) is 39.0 Å². The lowest BCUT2D eigenvalue weighted by Gasteiger charge is -2.15. The van der Waals surface area contributed by atoms with Crippen LogP contribution in [0.2, 0.25) is 0 Å². The quantitative estimate of drug-likeness (QED) is 0.824. The van der Waals surface area contributed by atoms with Crippen LogP contribution in [0.1, 0.15) is 43.7 Å². The number of benzene rings is 1. The van der Waals surface area contributed by atoms with E-state index < -0.39 is 0 Å². The molecule has 0 saturated heterocycles. The zero-order valence-corrected chi connectivity index (χ0v) is 10.1. The van der Waals surface area contributed by atoms with Crippen LogP contribution in [0, 0.1) is 0 Å². The van der Waals surface area contributed by atoms with Crippen LogP contribution in [-0.4, -0.2) is 13.7 Å². The Labute approximate surface area is 92.4 Å². The van der Waals surface area contributed by atoms with E-state index in [-0.39, 0.29) is 0 Å². The third-order valence-electron chi connectivity index (χ3n) is 2.80. The fourth-order valence-corrected chi connectivity index (χ4v) is 1.65. The number of nitrogens with two attached hydrogens (primary N) is 1. The van der Waals surface area contributed by atoms with Gasteiger partial charge >= 0.3 is 0 Å². The molecule has 2 N–H and O–H groups in total. The van der Waals surface area contributed by atoms with Gasteiger partial charge in [0.2, 0.25) is 0 Å². The predicted molar refractivity (Wildman–Crippen MR) is 64.6 cm³/mol. The zero-order valence-electron chi connectivity index (χ0n) is 10.1. The molecule has 0 amide bonds. The largest absolute Gasteiger partial charge is 0.496 e. The Kier molecular flexibility index (Phi) is 4.15. The second kappa shape index (κ2) is 5.17. The van der Waals surface area contributed by atoms with Crippen LogP contribution < -0.4 is 10.5 Å². The summed E-state index contributed by atoms with van der Waals surface area (Å²) in [4.78, 5) is 0. The van der Waals surface area contributed by atoms with Crippen molar-refractivity contribution in [3.63, 3.8) is 0 Å². The molecule has 1 aromatic rings. The number of hydrogen-bond acceptors (Lipinski definition) is 2. The smallest absolute Gasteiger partial charge is 0.122 e. The molecule has 0 saturated carbocycles. The van der Waals surface area contributed by atoms with Crippen molar-refractivity contribution in [3.05, 3.63) is 29.3 Å². The Bertz CT molecular complexity index is 320. The van der Waals surface area contributed by atoms with Crippen molar-refractivity contribution in [3.8, 4) is 5.75 Å². The van der Waals surface area contributed by atoms with Crippen molar-refractivity contribution in [2.75, 3.05) is 13.7 Å². The third kappa shape index (κ3) is 2.72. The number of hydrogen-bond donors (Lipinski definition) is 1. The molecule has 0 aliphatic rings. The predicted octanol–water partition coefficient (Wildman–Crippen LogP) is 2.88.